The van der Waals surface area contributed by atoms with Crippen molar-refractivity contribution in [3.63, 3.8) is 0 Å². The fraction of sp³-hybridized carbons (Fsp3) is 0.950. The standard InChI is InChI=1S/C20H43N3O/c1-2-3-4-5-6-7-8-9-10-11-12-13-14-15-16-17-20(24)23-22-19-18-21/h22H,2-19,21H2,1H3,(H,23,24). The molecule has 144 valence electrons. The largest absolute Gasteiger partial charge is 0.329 e. The lowest BCUT2D eigenvalue weighted by Crippen LogP contribution is -2.40. The van der Waals surface area contributed by atoms with Gasteiger partial charge in [-0.2, -0.15) is 0 Å². The molecule has 0 fully saturated rings. The van der Waals surface area contributed by atoms with Crippen LogP contribution in [-0.2, 0) is 4.79 Å². The van der Waals surface area contributed by atoms with Gasteiger partial charge >= 0.3 is 0 Å². The first-order valence-corrected chi connectivity index (χ1v) is 10.5. The maximum atomic E-state index is 11.4. The second kappa shape index (κ2) is 20.4. The molecule has 0 aliphatic carbocycles. The summed E-state index contributed by atoms with van der Waals surface area (Å²) >= 11 is 0. The molecule has 0 saturated carbocycles. The zero-order chi connectivity index (χ0) is 17.7. The summed E-state index contributed by atoms with van der Waals surface area (Å²) in [7, 11) is 0. The molecule has 0 rings (SSSR count). The van der Waals surface area contributed by atoms with E-state index < -0.39 is 0 Å². The van der Waals surface area contributed by atoms with E-state index in [0.29, 0.717) is 19.5 Å². The lowest BCUT2D eigenvalue weighted by Gasteiger charge is -2.06. The van der Waals surface area contributed by atoms with E-state index in [1.54, 1.807) is 0 Å². The molecule has 0 spiro atoms. The van der Waals surface area contributed by atoms with Crippen LogP contribution in [0.2, 0.25) is 0 Å². The van der Waals surface area contributed by atoms with Gasteiger partial charge in [-0.05, 0) is 6.42 Å². The topological polar surface area (TPSA) is 67.2 Å². The highest BCUT2D eigenvalue weighted by Crippen LogP contribution is 2.13. The summed E-state index contributed by atoms with van der Waals surface area (Å²) in [6.07, 6.45) is 20.9. The molecule has 4 heteroatoms. The molecule has 0 aliphatic heterocycles. The average Bonchev–Trinajstić information content (AvgIpc) is 2.58. The zero-order valence-corrected chi connectivity index (χ0v) is 16.2. The van der Waals surface area contributed by atoms with Crippen molar-refractivity contribution in [2.45, 2.75) is 110 Å². The van der Waals surface area contributed by atoms with Crippen molar-refractivity contribution in [2.75, 3.05) is 13.1 Å². The van der Waals surface area contributed by atoms with Gasteiger partial charge < -0.3 is 5.73 Å². The minimum absolute atomic E-state index is 0.0816. The van der Waals surface area contributed by atoms with Crippen molar-refractivity contribution in [2.24, 2.45) is 5.73 Å². The Bertz CT molecular complexity index is 259. The van der Waals surface area contributed by atoms with Gasteiger partial charge in [-0.25, -0.2) is 5.43 Å². The summed E-state index contributed by atoms with van der Waals surface area (Å²) in [5.41, 5.74) is 10.8. The van der Waals surface area contributed by atoms with Crippen molar-refractivity contribution in [1.82, 2.24) is 10.9 Å². The molecule has 0 radical (unpaired) electrons. The van der Waals surface area contributed by atoms with E-state index in [2.05, 4.69) is 17.8 Å². The van der Waals surface area contributed by atoms with Gasteiger partial charge in [0.1, 0.15) is 0 Å². The lowest BCUT2D eigenvalue weighted by atomic mass is 10.0. The highest BCUT2D eigenvalue weighted by atomic mass is 16.2. The molecule has 1 amide bonds. The highest BCUT2D eigenvalue weighted by molar-refractivity contribution is 5.75. The Hall–Kier alpha value is -0.610. The molecule has 0 bridgehead atoms. The van der Waals surface area contributed by atoms with Crippen LogP contribution in [0.15, 0.2) is 0 Å². The maximum absolute atomic E-state index is 11.4. The summed E-state index contributed by atoms with van der Waals surface area (Å²) in [5.74, 6) is 0.0816. The van der Waals surface area contributed by atoms with E-state index in [4.69, 9.17) is 5.73 Å². The SMILES string of the molecule is CCCCCCCCCCCCCCCCCC(=O)NNCCN. The maximum Gasteiger partial charge on any atom is 0.234 e. The van der Waals surface area contributed by atoms with Gasteiger partial charge in [0.15, 0.2) is 0 Å². The molecule has 0 atom stereocenters. The van der Waals surface area contributed by atoms with Gasteiger partial charge in [0.05, 0.1) is 0 Å². The molecule has 24 heavy (non-hydrogen) atoms. The van der Waals surface area contributed by atoms with Crippen molar-refractivity contribution < 1.29 is 4.79 Å². The Morgan fingerprint density at radius 1 is 0.708 bits per heavy atom. The van der Waals surface area contributed by atoms with Crippen molar-refractivity contribution in [1.29, 1.82) is 0 Å². The second-order valence-electron chi connectivity index (χ2n) is 6.96. The Labute approximate surface area is 150 Å². The van der Waals surface area contributed by atoms with Crippen LogP contribution in [0.5, 0.6) is 0 Å². The van der Waals surface area contributed by atoms with Gasteiger partial charge in [-0.1, -0.05) is 96.8 Å². The second-order valence-corrected chi connectivity index (χ2v) is 6.96. The monoisotopic (exact) mass is 341 g/mol. The molecule has 4 nitrogen and oxygen atoms in total. The zero-order valence-electron chi connectivity index (χ0n) is 16.2. The van der Waals surface area contributed by atoms with Gasteiger partial charge in [-0.3, -0.25) is 10.2 Å². The molecule has 0 aromatic carbocycles. The van der Waals surface area contributed by atoms with E-state index >= 15 is 0 Å². The fourth-order valence-electron chi connectivity index (χ4n) is 2.95. The minimum Gasteiger partial charge on any atom is -0.329 e. The smallest absolute Gasteiger partial charge is 0.234 e. The van der Waals surface area contributed by atoms with Crippen molar-refractivity contribution in [3.05, 3.63) is 0 Å². The normalized spacial score (nSPS) is 10.9. The Kier molecular flexibility index (Phi) is 19.9. The molecule has 0 unspecified atom stereocenters. The lowest BCUT2D eigenvalue weighted by molar-refractivity contribution is -0.122. The van der Waals surface area contributed by atoms with Crippen molar-refractivity contribution in [3.8, 4) is 0 Å². The number of amides is 1. The number of hydrazine groups is 1. The van der Waals surface area contributed by atoms with E-state index in [-0.39, 0.29) is 5.91 Å². The molecular formula is C20H43N3O. The third kappa shape index (κ3) is 19.4. The summed E-state index contributed by atoms with van der Waals surface area (Å²) in [5, 5.41) is 0. The van der Waals surface area contributed by atoms with E-state index in [0.717, 1.165) is 6.42 Å². The van der Waals surface area contributed by atoms with Crippen LogP contribution >= 0.6 is 0 Å². The third-order valence-electron chi connectivity index (χ3n) is 4.50. The number of hydrogen-bond acceptors (Lipinski definition) is 3. The highest BCUT2D eigenvalue weighted by Gasteiger charge is 1.99. The molecule has 0 saturated heterocycles. The fourth-order valence-corrected chi connectivity index (χ4v) is 2.95. The average molecular weight is 342 g/mol. The quantitative estimate of drug-likeness (QED) is 0.233. The van der Waals surface area contributed by atoms with Crippen LogP contribution in [-0.4, -0.2) is 19.0 Å². The number of rotatable bonds is 19. The van der Waals surface area contributed by atoms with Crippen LogP contribution in [0.1, 0.15) is 110 Å². The summed E-state index contributed by atoms with van der Waals surface area (Å²) in [4.78, 5) is 11.4. The van der Waals surface area contributed by atoms with Crippen LogP contribution in [0.3, 0.4) is 0 Å². The van der Waals surface area contributed by atoms with Gasteiger partial charge in [-0.15, -0.1) is 0 Å². The van der Waals surface area contributed by atoms with E-state index in [1.165, 1.54) is 89.9 Å². The first kappa shape index (κ1) is 23.4. The number of nitrogens with two attached hydrogens (primary N) is 1. The Morgan fingerprint density at radius 3 is 1.54 bits per heavy atom. The van der Waals surface area contributed by atoms with E-state index in [1.807, 2.05) is 0 Å². The molecule has 0 aromatic heterocycles. The summed E-state index contributed by atoms with van der Waals surface area (Å²) < 4.78 is 0. The number of carbonyl (C=O) groups is 1. The number of nitrogens with one attached hydrogen (secondary N) is 2. The number of unbranched alkanes of at least 4 members (excludes halogenated alkanes) is 14. The predicted molar refractivity (Wildman–Crippen MR) is 105 cm³/mol. The Morgan fingerprint density at radius 2 is 1.12 bits per heavy atom. The molecule has 0 aromatic rings. The van der Waals surface area contributed by atoms with Crippen LogP contribution < -0.4 is 16.6 Å². The summed E-state index contributed by atoms with van der Waals surface area (Å²) in [6.45, 7) is 3.45. The Balaban J connectivity index is 3.06. The van der Waals surface area contributed by atoms with Crippen LogP contribution in [0.25, 0.3) is 0 Å². The predicted octanol–water partition coefficient (Wildman–Crippen LogP) is 4.83. The third-order valence-corrected chi connectivity index (χ3v) is 4.50. The van der Waals surface area contributed by atoms with Crippen LogP contribution in [0.4, 0.5) is 0 Å². The number of carbonyl (C=O) groups excluding carboxylic acids is 1. The molecule has 0 aliphatic rings. The molecule has 4 N–H and O–H groups in total. The first-order chi connectivity index (χ1) is 11.8. The van der Waals surface area contributed by atoms with Crippen LogP contribution in [0, 0.1) is 0 Å². The van der Waals surface area contributed by atoms with Gasteiger partial charge in [0.25, 0.3) is 0 Å². The van der Waals surface area contributed by atoms with E-state index in [9.17, 15) is 4.79 Å². The first-order valence-electron chi connectivity index (χ1n) is 10.5. The molecular weight excluding hydrogens is 298 g/mol. The van der Waals surface area contributed by atoms with Gasteiger partial charge in [0, 0.05) is 19.5 Å². The molecule has 0 heterocycles. The minimum atomic E-state index is 0.0816. The van der Waals surface area contributed by atoms with Crippen molar-refractivity contribution >= 4 is 5.91 Å². The summed E-state index contributed by atoms with van der Waals surface area (Å²) in [6, 6.07) is 0. The number of hydrogen-bond donors (Lipinski definition) is 3. The van der Waals surface area contributed by atoms with Gasteiger partial charge in [0.2, 0.25) is 5.91 Å².